The van der Waals surface area contributed by atoms with E-state index in [0.717, 1.165) is 19.3 Å². The molecule has 3 N–H and O–H groups in total. The summed E-state index contributed by atoms with van der Waals surface area (Å²) in [7, 11) is 0. The summed E-state index contributed by atoms with van der Waals surface area (Å²) in [4.78, 5) is 33.9. The fourth-order valence-electron chi connectivity index (χ4n) is 3.54. The molecule has 0 atom stereocenters. The van der Waals surface area contributed by atoms with E-state index in [1.54, 1.807) is 6.92 Å². The van der Waals surface area contributed by atoms with Crippen LogP contribution in [0.3, 0.4) is 0 Å². The van der Waals surface area contributed by atoms with E-state index in [2.05, 4.69) is 12.2 Å². The largest absolute Gasteiger partial charge is 0.481 e. The molecule has 0 aromatic heterocycles. The van der Waals surface area contributed by atoms with Crippen molar-refractivity contribution in [1.82, 2.24) is 5.32 Å². The van der Waals surface area contributed by atoms with Gasteiger partial charge in [0.15, 0.2) is 0 Å². The zero-order valence-corrected chi connectivity index (χ0v) is 18.6. The lowest BCUT2D eigenvalue weighted by Crippen LogP contribution is -2.46. The molecule has 170 valence electrons. The van der Waals surface area contributed by atoms with E-state index in [1.165, 1.54) is 57.8 Å². The Balaban J connectivity index is 3.86. The molecule has 0 heterocycles. The lowest BCUT2D eigenvalue weighted by atomic mass is 9.90. The van der Waals surface area contributed by atoms with Crippen LogP contribution in [0.15, 0.2) is 0 Å². The van der Waals surface area contributed by atoms with E-state index in [4.69, 9.17) is 10.2 Å². The topological polar surface area (TPSA) is 104 Å². The van der Waals surface area contributed by atoms with Crippen LogP contribution in [0.1, 0.15) is 123 Å². The average Bonchev–Trinajstić information content (AvgIpc) is 2.66. The van der Waals surface area contributed by atoms with Crippen molar-refractivity contribution >= 4 is 17.8 Å². The highest BCUT2D eigenvalue weighted by atomic mass is 16.4. The van der Waals surface area contributed by atoms with Gasteiger partial charge in [-0.05, 0) is 26.2 Å². The number of carbonyl (C=O) groups excluding carboxylic acids is 1. The van der Waals surface area contributed by atoms with Crippen LogP contribution in [-0.2, 0) is 14.4 Å². The van der Waals surface area contributed by atoms with E-state index in [1.807, 2.05) is 0 Å². The Kier molecular flexibility index (Phi) is 16.3. The number of carboxylic acids is 2. The standard InChI is InChI=1S/C23H43NO5/c1-3-4-5-6-7-8-9-10-11-12-13-14-15-20(25)24-23(2,18-16-21(26)27)19-17-22(28)29/h3-19H2,1-2H3,(H,24,25)(H,26,27)(H,28,29). The second-order valence-electron chi connectivity index (χ2n) is 8.54. The molecule has 0 radical (unpaired) electrons. The molecule has 0 spiro atoms. The first-order chi connectivity index (χ1) is 13.8. The fourth-order valence-corrected chi connectivity index (χ4v) is 3.54. The van der Waals surface area contributed by atoms with Gasteiger partial charge in [0.05, 0.1) is 0 Å². The number of carbonyl (C=O) groups is 3. The van der Waals surface area contributed by atoms with Gasteiger partial charge in [-0.15, -0.1) is 0 Å². The summed E-state index contributed by atoms with van der Waals surface area (Å²) >= 11 is 0. The summed E-state index contributed by atoms with van der Waals surface area (Å²) in [5, 5.41) is 20.6. The van der Waals surface area contributed by atoms with Crippen molar-refractivity contribution in [1.29, 1.82) is 0 Å². The number of amides is 1. The maximum absolute atomic E-state index is 12.2. The molecule has 0 aliphatic rings. The molecular weight excluding hydrogens is 370 g/mol. The fraction of sp³-hybridized carbons (Fsp3) is 0.870. The summed E-state index contributed by atoms with van der Waals surface area (Å²) in [6.07, 6.45) is 15.5. The van der Waals surface area contributed by atoms with Crippen LogP contribution in [0.2, 0.25) is 0 Å². The van der Waals surface area contributed by atoms with Crippen LogP contribution in [0.25, 0.3) is 0 Å². The van der Waals surface area contributed by atoms with Gasteiger partial charge >= 0.3 is 11.9 Å². The number of aliphatic carboxylic acids is 2. The van der Waals surface area contributed by atoms with Crippen molar-refractivity contribution in [2.45, 2.75) is 129 Å². The van der Waals surface area contributed by atoms with Crippen LogP contribution in [-0.4, -0.2) is 33.6 Å². The first-order valence-corrected chi connectivity index (χ1v) is 11.5. The van der Waals surface area contributed by atoms with Crippen LogP contribution in [0.5, 0.6) is 0 Å². The van der Waals surface area contributed by atoms with Crippen LogP contribution in [0, 0.1) is 0 Å². The van der Waals surface area contributed by atoms with Gasteiger partial charge in [-0.3, -0.25) is 14.4 Å². The minimum Gasteiger partial charge on any atom is -0.481 e. The van der Waals surface area contributed by atoms with E-state index >= 15 is 0 Å². The molecule has 0 unspecified atom stereocenters. The molecule has 0 bridgehead atoms. The Hall–Kier alpha value is -1.59. The van der Waals surface area contributed by atoms with Gasteiger partial charge in [-0.1, -0.05) is 77.6 Å². The number of unbranched alkanes of at least 4 members (excludes halogenated alkanes) is 11. The zero-order valence-electron chi connectivity index (χ0n) is 18.6. The smallest absolute Gasteiger partial charge is 0.303 e. The SMILES string of the molecule is CCCCCCCCCCCCCCC(=O)NC(C)(CCC(=O)O)CCC(=O)O. The molecule has 1 amide bonds. The third-order valence-corrected chi connectivity index (χ3v) is 5.48. The maximum Gasteiger partial charge on any atom is 0.303 e. The monoisotopic (exact) mass is 413 g/mol. The summed E-state index contributed by atoms with van der Waals surface area (Å²) in [6, 6.07) is 0. The molecular formula is C23H43NO5. The second-order valence-corrected chi connectivity index (χ2v) is 8.54. The van der Waals surface area contributed by atoms with Gasteiger partial charge in [0.2, 0.25) is 5.91 Å². The molecule has 0 aromatic carbocycles. The van der Waals surface area contributed by atoms with Crippen molar-refractivity contribution in [2.75, 3.05) is 0 Å². The minimum absolute atomic E-state index is 0.0883. The Morgan fingerprint density at radius 1 is 0.655 bits per heavy atom. The number of nitrogens with one attached hydrogen (secondary N) is 1. The van der Waals surface area contributed by atoms with E-state index in [9.17, 15) is 14.4 Å². The first kappa shape index (κ1) is 27.4. The lowest BCUT2D eigenvalue weighted by Gasteiger charge is -2.30. The van der Waals surface area contributed by atoms with E-state index in [0.29, 0.717) is 6.42 Å². The number of carboxylic acid groups (broad SMARTS) is 2. The molecule has 6 nitrogen and oxygen atoms in total. The summed E-state index contributed by atoms with van der Waals surface area (Å²) in [5.74, 6) is -2.00. The summed E-state index contributed by atoms with van der Waals surface area (Å²) in [5.41, 5.74) is -0.787. The number of hydrogen-bond donors (Lipinski definition) is 3. The third kappa shape index (κ3) is 18.2. The summed E-state index contributed by atoms with van der Waals surface area (Å²) in [6.45, 7) is 3.97. The van der Waals surface area contributed by atoms with Crippen LogP contribution >= 0.6 is 0 Å². The number of rotatable bonds is 20. The number of hydrogen-bond acceptors (Lipinski definition) is 3. The van der Waals surface area contributed by atoms with Crippen molar-refractivity contribution < 1.29 is 24.6 Å². The van der Waals surface area contributed by atoms with Gasteiger partial charge < -0.3 is 15.5 Å². The van der Waals surface area contributed by atoms with Gasteiger partial charge in [0, 0.05) is 24.8 Å². The Morgan fingerprint density at radius 3 is 1.41 bits per heavy atom. The first-order valence-electron chi connectivity index (χ1n) is 11.5. The van der Waals surface area contributed by atoms with Crippen molar-refractivity contribution in [3.8, 4) is 0 Å². The van der Waals surface area contributed by atoms with E-state index in [-0.39, 0.29) is 31.6 Å². The molecule has 0 saturated carbocycles. The molecule has 0 fully saturated rings. The van der Waals surface area contributed by atoms with Gasteiger partial charge in [-0.2, -0.15) is 0 Å². The van der Waals surface area contributed by atoms with Crippen molar-refractivity contribution in [3.05, 3.63) is 0 Å². The van der Waals surface area contributed by atoms with Crippen LogP contribution in [0.4, 0.5) is 0 Å². The van der Waals surface area contributed by atoms with E-state index < -0.39 is 17.5 Å². The highest BCUT2D eigenvalue weighted by Gasteiger charge is 2.27. The Bertz CT molecular complexity index is 446. The molecule has 6 heteroatoms. The molecule has 0 aliphatic heterocycles. The lowest BCUT2D eigenvalue weighted by molar-refractivity contribution is -0.138. The van der Waals surface area contributed by atoms with Crippen molar-refractivity contribution in [3.63, 3.8) is 0 Å². The Morgan fingerprint density at radius 2 is 1.03 bits per heavy atom. The molecule has 0 aromatic rings. The van der Waals surface area contributed by atoms with Crippen molar-refractivity contribution in [2.24, 2.45) is 0 Å². The van der Waals surface area contributed by atoms with Crippen LogP contribution < -0.4 is 5.32 Å². The molecule has 0 aliphatic carbocycles. The molecule has 29 heavy (non-hydrogen) atoms. The molecule has 0 rings (SSSR count). The van der Waals surface area contributed by atoms with Gasteiger partial charge in [-0.25, -0.2) is 0 Å². The zero-order chi connectivity index (χ0) is 22.0. The predicted molar refractivity (Wildman–Crippen MR) is 116 cm³/mol. The maximum atomic E-state index is 12.2. The molecule has 0 saturated heterocycles. The second kappa shape index (κ2) is 17.3. The van der Waals surface area contributed by atoms with Gasteiger partial charge in [0.25, 0.3) is 0 Å². The highest BCUT2D eigenvalue weighted by molar-refractivity contribution is 5.77. The minimum atomic E-state index is -0.943. The Labute approximate surface area is 176 Å². The third-order valence-electron chi connectivity index (χ3n) is 5.48. The predicted octanol–water partition coefficient (Wildman–Crippen LogP) is 5.68. The van der Waals surface area contributed by atoms with Gasteiger partial charge in [0.1, 0.15) is 0 Å². The normalized spacial score (nSPS) is 11.4. The quantitative estimate of drug-likeness (QED) is 0.223. The highest BCUT2D eigenvalue weighted by Crippen LogP contribution is 2.20. The average molecular weight is 414 g/mol. The summed E-state index contributed by atoms with van der Waals surface area (Å²) < 4.78 is 0.